The van der Waals surface area contributed by atoms with Gasteiger partial charge in [-0.1, -0.05) is 11.8 Å². The lowest BCUT2D eigenvalue weighted by atomic mass is 10.2. The van der Waals surface area contributed by atoms with E-state index in [2.05, 4.69) is 21.7 Å². The molecular weight excluding hydrogens is 366 g/mol. The van der Waals surface area contributed by atoms with Gasteiger partial charge in [-0.25, -0.2) is 4.79 Å². The maximum Gasteiger partial charge on any atom is 0.338 e. The van der Waals surface area contributed by atoms with Crippen LogP contribution in [0.3, 0.4) is 0 Å². The molecule has 1 aromatic carbocycles. The SMILES string of the molecule is CCOC(=O)c1ccc(OCC(O)CSc2nnc(C3CC3)n2CC)cc1. The van der Waals surface area contributed by atoms with Gasteiger partial charge < -0.3 is 19.1 Å². The van der Waals surface area contributed by atoms with Crippen LogP contribution in [0.25, 0.3) is 0 Å². The summed E-state index contributed by atoms with van der Waals surface area (Å²) in [6.07, 6.45) is 1.74. The van der Waals surface area contributed by atoms with Gasteiger partial charge in [0.1, 0.15) is 18.2 Å². The van der Waals surface area contributed by atoms with E-state index in [1.165, 1.54) is 24.6 Å². The van der Waals surface area contributed by atoms with E-state index in [4.69, 9.17) is 9.47 Å². The molecule has 1 fully saturated rings. The van der Waals surface area contributed by atoms with Crippen molar-refractivity contribution < 1.29 is 19.4 Å². The van der Waals surface area contributed by atoms with Gasteiger partial charge in [-0.05, 0) is 51.0 Å². The summed E-state index contributed by atoms with van der Waals surface area (Å²) in [6, 6.07) is 6.69. The van der Waals surface area contributed by atoms with E-state index < -0.39 is 6.10 Å². The monoisotopic (exact) mass is 391 g/mol. The van der Waals surface area contributed by atoms with Crippen LogP contribution in [0.1, 0.15) is 48.8 Å². The summed E-state index contributed by atoms with van der Waals surface area (Å²) >= 11 is 1.49. The number of carbonyl (C=O) groups excluding carboxylic acids is 1. The molecule has 8 heteroatoms. The summed E-state index contributed by atoms with van der Waals surface area (Å²) in [7, 11) is 0. The van der Waals surface area contributed by atoms with E-state index in [1.807, 2.05) is 0 Å². The summed E-state index contributed by atoms with van der Waals surface area (Å²) in [5.74, 6) is 2.33. The van der Waals surface area contributed by atoms with Gasteiger partial charge in [-0.2, -0.15) is 0 Å². The van der Waals surface area contributed by atoms with Crippen molar-refractivity contribution in [2.24, 2.45) is 0 Å². The standard InChI is InChI=1S/C19H25N3O4S/c1-3-22-17(13-5-6-13)20-21-19(22)27-12-15(23)11-26-16-9-7-14(8-10-16)18(24)25-4-2/h7-10,13,15,23H,3-6,11-12H2,1-2H3. The lowest BCUT2D eigenvalue weighted by molar-refractivity contribution is 0.0526. The number of nitrogens with zero attached hydrogens (tertiary/aromatic N) is 3. The number of ether oxygens (including phenoxy) is 2. The molecule has 1 atom stereocenters. The van der Waals surface area contributed by atoms with Gasteiger partial charge in [0.25, 0.3) is 0 Å². The summed E-state index contributed by atoms with van der Waals surface area (Å²) in [5, 5.41) is 19.6. The highest BCUT2D eigenvalue weighted by molar-refractivity contribution is 7.99. The third kappa shape index (κ3) is 5.23. The number of aliphatic hydroxyl groups excluding tert-OH is 1. The Morgan fingerprint density at radius 1 is 1.30 bits per heavy atom. The second-order valence-electron chi connectivity index (χ2n) is 6.38. The Hall–Kier alpha value is -2.06. The molecule has 146 valence electrons. The number of aliphatic hydroxyl groups is 1. The van der Waals surface area contributed by atoms with Gasteiger partial charge in [-0.3, -0.25) is 0 Å². The van der Waals surface area contributed by atoms with E-state index in [-0.39, 0.29) is 12.6 Å². The maximum absolute atomic E-state index is 11.6. The highest BCUT2D eigenvalue weighted by Gasteiger charge is 2.30. The van der Waals surface area contributed by atoms with Crippen LogP contribution in [0.5, 0.6) is 5.75 Å². The van der Waals surface area contributed by atoms with E-state index in [0.717, 1.165) is 17.5 Å². The van der Waals surface area contributed by atoms with Gasteiger partial charge in [0.2, 0.25) is 0 Å². The number of aromatic nitrogens is 3. The van der Waals surface area contributed by atoms with Gasteiger partial charge in [0.15, 0.2) is 5.16 Å². The molecule has 0 saturated heterocycles. The number of thioether (sulfide) groups is 1. The molecule has 1 saturated carbocycles. The number of rotatable bonds is 10. The minimum absolute atomic E-state index is 0.168. The second-order valence-corrected chi connectivity index (χ2v) is 7.37. The first-order valence-electron chi connectivity index (χ1n) is 9.26. The minimum Gasteiger partial charge on any atom is -0.491 e. The average molecular weight is 391 g/mol. The maximum atomic E-state index is 11.6. The first-order chi connectivity index (χ1) is 13.1. The minimum atomic E-state index is -0.633. The summed E-state index contributed by atoms with van der Waals surface area (Å²) < 4.78 is 12.7. The average Bonchev–Trinajstić information content (AvgIpc) is 3.45. The lowest BCUT2D eigenvalue weighted by Crippen LogP contribution is -2.20. The van der Waals surface area contributed by atoms with Crippen molar-refractivity contribution in [2.75, 3.05) is 19.0 Å². The topological polar surface area (TPSA) is 86.5 Å². The molecular formula is C19H25N3O4S. The molecule has 1 aliphatic rings. The smallest absolute Gasteiger partial charge is 0.338 e. The zero-order chi connectivity index (χ0) is 19.2. The molecule has 0 radical (unpaired) electrons. The molecule has 1 heterocycles. The van der Waals surface area contributed by atoms with Gasteiger partial charge in [0, 0.05) is 18.2 Å². The van der Waals surface area contributed by atoms with Crippen LogP contribution in [0.15, 0.2) is 29.4 Å². The number of benzene rings is 1. The van der Waals surface area contributed by atoms with Crippen molar-refractivity contribution in [3.63, 3.8) is 0 Å². The van der Waals surface area contributed by atoms with Crippen LogP contribution in [0.4, 0.5) is 0 Å². The molecule has 1 aliphatic carbocycles. The number of hydrogen-bond acceptors (Lipinski definition) is 7. The van der Waals surface area contributed by atoms with Crippen LogP contribution < -0.4 is 4.74 Å². The molecule has 0 amide bonds. The summed E-state index contributed by atoms with van der Waals surface area (Å²) in [4.78, 5) is 11.6. The molecule has 7 nitrogen and oxygen atoms in total. The molecule has 0 aliphatic heterocycles. The lowest BCUT2D eigenvalue weighted by Gasteiger charge is -2.13. The van der Waals surface area contributed by atoms with Gasteiger partial charge >= 0.3 is 5.97 Å². The molecule has 1 N–H and O–H groups in total. The Morgan fingerprint density at radius 2 is 2.04 bits per heavy atom. The zero-order valence-electron chi connectivity index (χ0n) is 15.6. The largest absolute Gasteiger partial charge is 0.491 e. The van der Waals surface area contributed by atoms with E-state index in [1.54, 1.807) is 31.2 Å². The third-order valence-corrected chi connectivity index (χ3v) is 5.33. The molecule has 0 spiro atoms. The van der Waals surface area contributed by atoms with Gasteiger partial charge in [-0.15, -0.1) is 10.2 Å². The first-order valence-corrected chi connectivity index (χ1v) is 10.2. The Balaban J connectivity index is 1.46. The Bertz CT molecular complexity index is 759. The highest BCUT2D eigenvalue weighted by atomic mass is 32.2. The normalized spacial score (nSPS) is 14.8. The van der Waals surface area contributed by atoms with Crippen LogP contribution in [0, 0.1) is 0 Å². The molecule has 3 rings (SSSR count). The molecule has 27 heavy (non-hydrogen) atoms. The van der Waals surface area contributed by atoms with E-state index in [0.29, 0.717) is 29.6 Å². The van der Waals surface area contributed by atoms with Crippen molar-refractivity contribution in [3.8, 4) is 5.75 Å². The van der Waals surface area contributed by atoms with Crippen molar-refractivity contribution in [1.82, 2.24) is 14.8 Å². The fraction of sp³-hybridized carbons (Fsp3) is 0.526. The first kappa shape index (κ1) is 19.7. The van der Waals surface area contributed by atoms with Crippen LogP contribution in [-0.2, 0) is 11.3 Å². The predicted molar refractivity (Wildman–Crippen MR) is 102 cm³/mol. The van der Waals surface area contributed by atoms with Crippen LogP contribution in [-0.4, -0.2) is 50.9 Å². The zero-order valence-corrected chi connectivity index (χ0v) is 16.4. The van der Waals surface area contributed by atoms with Crippen LogP contribution >= 0.6 is 11.8 Å². The van der Waals surface area contributed by atoms with Crippen molar-refractivity contribution in [3.05, 3.63) is 35.7 Å². The van der Waals surface area contributed by atoms with E-state index in [9.17, 15) is 9.90 Å². The predicted octanol–water partition coefficient (Wildman–Crippen LogP) is 2.88. The fourth-order valence-electron chi connectivity index (χ4n) is 2.66. The summed E-state index contributed by atoms with van der Waals surface area (Å²) in [6.45, 7) is 5.19. The molecule has 2 aromatic rings. The Kier molecular flexibility index (Phi) is 6.73. The number of hydrogen-bond donors (Lipinski definition) is 1. The quantitative estimate of drug-likeness (QED) is 0.492. The van der Waals surface area contributed by atoms with Crippen molar-refractivity contribution >= 4 is 17.7 Å². The number of esters is 1. The van der Waals surface area contributed by atoms with Crippen LogP contribution in [0.2, 0.25) is 0 Å². The Labute approximate surface area is 163 Å². The molecule has 1 aromatic heterocycles. The molecule has 1 unspecified atom stereocenters. The second kappa shape index (κ2) is 9.23. The van der Waals surface area contributed by atoms with Crippen molar-refractivity contribution in [1.29, 1.82) is 0 Å². The molecule has 0 bridgehead atoms. The van der Waals surface area contributed by atoms with Gasteiger partial charge in [0.05, 0.1) is 18.3 Å². The fourth-order valence-corrected chi connectivity index (χ4v) is 3.58. The number of carbonyl (C=O) groups is 1. The third-order valence-electron chi connectivity index (χ3n) is 4.22. The Morgan fingerprint density at radius 3 is 2.67 bits per heavy atom. The van der Waals surface area contributed by atoms with E-state index >= 15 is 0 Å². The van der Waals surface area contributed by atoms with Crippen molar-refractivity contribution in [2.45, 2.75) is 50.4 Å². The summed E-state index contributed by atoms with van der Waals surface area (Å²) in [5.41, 5.74) is 0.477. The highest BCUT2D eigenvalue weighted by Crippen LogP contribution is 2.40.